The highest BCUT2D eigenvalue weighted by atomic mass is 16.5. The molecule has 1 amide bonds. The quantitative estimate of drug-likeness (QED) is 0.882. The van der Waals surface area contributed by atoms with E-state index in [0.717, 1.165) is 0 Å². The molecule has 1 fully saturated rings. The maximum atomic E-state index is 12.8. The number of amides is 1. The summed E-state index contributed by atoms with van der Waals surface area (Å²) in [6, 6.07) is 6.85. The number of hydrogen-bond donors (Lipinski definition) is 1. The lowest BCUT2D eigenvalue weighted by Gasteiger charge is -2.21. The molecule has 1 aromatic carbocycles. The number of para-hydroxylation sites is 1. The second-order valence-corrected chi connectivity index (χ2v) is 6.36. The number of benzene rings is 1. The Labute approximate surface area is 144 Å². The van der Waals surface area contributed by atoms with Crippen LogP contribution in [0.3, 0.4) is 0 Å². The van der Waals surface area contributed by atoms with Gasteiger partial charge in [-0.1, -0.05) is 17.3 Å². The molecule has 0 bridgehead atoms. The first-order chi connectivity index (χ1) is 11.9. The van der Waals surface area contributed by atoms with Gasteiger partial charge < -0.3 is 19.3 Å². The topological polar surface area (TPSA) is 106 Å². The first-order valence-corrected chi connectivity index (χ1v) is 7.93. The second kappa shape index (κ2) is 6.54. The third-order valence-corrected chi connectivity index (χ3v) is 4.32. The summed E-state index contributed by atoms with van der Waals surface area (Å²) in [5.74, 6) is 0.0934. The number of carboxylic acid groups (broad SMARTS) is 1. The van der Waals surface area contributed by atoms with E-state index in [4.69, 9.17) is 9.26 Å². The summed E-state index contributed by atoms with van der Waals surface area (Å²) < 4.78 is 10.6. The minimum Gasteiger partial charge on any atom is -0.485 e. The minimum absolute atomic E-state index is 0.0779. The zero-order chi connectivity index (χ0) is 18.0. The Balaban J connectivity index is 1.74. The van der Waals surface area contributed by atoms with Gasteiger partial charge in [0.25, 0.3) is 5.91 Å². The van der Waals surface area contributed by atoms with Gasteiger partial charge in [0.05, 0.1) is 11.0 Å². The lowest BCUT2D eigenvalue weighted by molar-refractivity contribution is -0.147. The number of hydrogen-bond acceptors (Lipinski definition) is 6. The molecule has 2 heterocycles. The molecule has 2 aromatic rings. The van der Waals surface area contributed by atoms with E-state index in [2.05, 4.69) is 10.1 Å². The summed E-state index contributed by atoms with van der Waals surface area (Å²) in [5, 5.41) is 13.1. The third-order valence-electron chi connectivity index (χ3n) is 4.32. The number of aromatic nitrogens is 2. The van der Waals surface area contributed by atoms with E-state index in [1.807, 2.05) is 0 Å². The fourth-order valence-electron chi connectivity index (χ4n) is 2.79. The molecule has 0 spiro atoms. The number of likely N-dealkylation sites (tertiary alicyclic amines) is 1. The molecule has 1 N–H and O–H groups in total. The molecule has 0 saturated carbocycles. The van der Waals surface area contributed by atoms with Crippen molar-refractivity contribution in [3.05, 3.63) is 41.5 Å². The summed E-state index contributed by atoms with van der Waals surface area (Å²) in [6.45, 7) is 4.00. The largest absolute Gasteiger partial charge is 0.485 e. The zero-order valence-corrected chi connectivity index (χ0v) is 14.1. The minimum atomic E-state index is -0.909. The van der Waals surface area contributed by atoms with Gasteiger partial charge in [-0.3, -0.25) is 9.59 Å². The van der Waals surface area contributed by atoms with Gasteiger partial charge in [0.15, 0.2) is 6.61 Å². The molecule has 8 nitrogen and oxygen atoms in total. The smallest absolute Gasteiger partial charge is 0.311 e. The molecule has 1 saturated heterocycles. The molecular weight excluding hydrogens is 326 g/mol. The van der Waals surface area contributed by atoms with Crippen LogP contribution in [0.25, 0.3) is 0 Å². The summed E-state index contributed by atoms with van der Waals surface area (Å²) in [4.78, 5) is 29.8. The highest BCUT2D eigenvalue weighted by Gasteiger charge is 2.42. The highest BCUT2D eigenvalue weighted by Crippen LogP contribution is 2.32. The van der Waals surface area contributed by atoms with Crippen LogP contribution in [-0.2, 0) is 11.4 Å². The van der Waals surface area contributed by atoms with Crippen molar-refractivity contribution < 1.29 is 24.0 Å². The van der Waals surface area contributed by atoms with Gasteiger partial charge in [-0.25, -0.2) is 0 Å². The Morgan fingerprint density at radius 2 is 2.16 bits per heavy atom. The SMILES string of the molecule is Cc1nc(COc2ccccc2C(=O)N2CCC(C)(C(=O)O)C2)no1. The molecule has 1 aliphatic heterocycles. The van der Waals surface area contributed by atoms with Gasteiger partial charge in [0.2, 0.25) is 11.7 Å². The molecule has 132 valence electrons. The molecule has 1 aromatic heterocycles. The van der Waals surface area contributed by atoms with E-state index in [1.165, 1.54) is 0 Å². The van der Waals surface area contributed by atoms with E-state index in [0.29, 0.717) is 36.0 Å². The fraction of sp³-hybridized carbons (Fsp3) is 0.412. The Kier molecular flexibility index (Phi) is 4.43. The fourth-order valence-corrected chi connectivity index (χ4v) is 2.79. The Morgan fingerprint density at radius 1 is 1.40 bits per heavy atom. The molecule has 25 heavy (non-hydrogen) atoms. The lowest BCUT2D eigenvalue weighted by Crippen LogP contribution is -2.35. The van der Waals surface area contributed by atoms with Crippen LogP contribution in [0.2, 0.25) is 0 Å². The van der Waals surface area contributed by atoms with E-state index in [1.54, 1.807) is 43.0 Å². The molecular formula is C17H19N3O5. The molecule has 0 aliphatic carbocycles. The first-order valence-electron chi connectivity index (χ1n) is 7.93. The van der Waals surface area contributed by atoms with Gasteiger partial charge in [0.1, 0.15) is 5.75 Å². The van der Waals surface area contributed by atoms with Crippen LogP contribution in [0, 0.1) is 12.3 Å². The molecule has 1 atom stereocenters. The maximum Gasteiger partial charge on any atom is 0.311 e. The monoisotopic (exact) mass is 345 g/mol. The van der Waals surface area contributed by atoms with Crippen LogP contribution in [0.1, 0.15) is 35.4 Å². The Morgan fingerprint density at radius 3 is 2.80 bits per heavy atom. The van der Waals surface area contributed by atoms with Crippen molar-refractivity contribution in [2.24, 2.45) is 5.41 Å². The molecule has 8 heteroatoms. The van der Waals surface area contributed by atoms with Gasteiger partial charge in [-0.05, 0) is 25.5 Å². The summed E-state index contributed by atoms with van der Waals surface area (Å²) >= 11 is 0. The second-order valence-electron chi connectivity index (χ2n) is 6.36. The summed E-state index contributed by atoms with van der Waals surface area (Å²) in [7, 11) is 0. The molecule has 3 rings (SSSR count). The predicted octanol–water partition coefficient (Wildman–Crippen LogP) is 1.89. The average Bonchev–Trinajstić information content (AvgIpc) is 3.19. The number of aliphatic carboxylic acids is 1. The number of aryl methyl sites for hydroxylation is 1. The van der Waals surface area contributed by atoms with Crippen molar-refractivity contribution in [2.45, 2.75) is 26.9 Å². The van der Waals surface area contributed by atoms with Gasteiger partial charge >= 0.3 is 5.97 Å². The van der Waals surface area contributed by atoms with Crippen molar-refractivity contribution >= 4 is 11.9 Å². The first kappa shape index (κ1) is 16.9. The Hall–Kier alpha value is -2.90. The summed E-state index contributed by atoms with van der Waals surface area (Å²) in [6.07, 6.45) is 0.430. The van der Waals surface area contributed by atoms with Crippen molar-refractivity contribution in [1.82, 2.24) is 15.0 Å². The third kappa shape index (κ3) is 3.47. The van der Waals surface area contributed by atoms with Crippen molar-refractivity contribution in [3.63, 3.8) is 0 Å². The van der Waals surface area contributed by atoms with Crippen LogP contribution in [-0.4, -0.2) is 45.1 Å². The number of nitrogens with zero attached hydrogens (tertiary/aromatic N) is 3. The van der Waals surface area contributed by atoms with Crippen molar-refractivity contribution in [3.8, 4) is 5.75 Å². The average molecular weight is 345 g/mol. The van der Waals surface area contributed by atoms with Crippen LogP contribution in [0.4, 0.5) is 0 Å². The maximum absolute atomic E-state index is 12.8. The van der Waals surface area contributed by atoms with E-state index >= 15 is 0 Å². The van der Waals surface area contributed by atoms with E-state index in [9.17, 15) is 14.7 Å². The number of carbonyl (C=O) groups excluding carboxylic acids is 1. The zero-order valence-electron chi connectivity index (χ0n) is 14.1. The predicted molar refractivity (Wildman–Crippen MR) is 86.1 cm³/mol. The van der Waals surface area contributed by atoms with Gasteiger partial charge in [-0.15, -0.1) is 0 Å². The van der Waals surface area contributed by atoms with Crippen LogP contribution >= 0.6 is 0 Å². The molecule has 1 unspecified atom stereocenters. The van der Waals surface area contributed by atoms with Crippen molar-refractivity contribution in [1.29, 1.82) is 0 Å². The molecule has 1 aliphatic rings. The van der Waals surface area contributed by atoms with Crippen LogP contribution < -0.4 is 4.74 Å². The van der Waals surface area contributed by atoms with Crippen LogP contribution in [0.5, 0.6) is 5.75 Å². The van der Waals surface area contributed by atoms with E-state index < -0.39 is 11.4 Å². The van der Waals surface area contributed by atoms with E-state index in [-0.39, 0.29) is 19.1 Å². The Bertz CT molecular complexity index is 803. The van der Waals surface area contributed by atoms with Gasteiger partial charge in [0, 0.05) is 20.0 Å². The number of ether oxygens (including phenoxy) is 1. The van der Waals surface area contributed by atoms with Crippen LogP contribution in [0.15, 0.2) is 28.8 Å². The number of carboxylic acids is 1. The number of rotatable bonds is 5. The summed E-state index contributed by atoms with van der Waals surface area (Å²) in [5.41, 5.74) is -0.523. The molecule has 0 radical (unpaired) electrons. The van der Waals surface area contributed by atoms with Crippen molar-refractivity contribution in [2.75, 3.05) is 13.1 Å². The normalized spacial score (nSPS) is 19.8. The number of carbonyl (C=O) groups is 2. The highest BCUT2D eigenvalue weighted by molar-refractivity contribution is 5.97. The lowest BCUT2D eigenvalue weighted by atomic mass is 9.90. The van der Waals surface area contributed by atoms with Gasteiger partial charge in [-0.2, -0.15) is 4.98 Å². The standard InChI is InChI=1S/C17H19N3O5/c1-11-18-14(19-25-11)9-24-13-6-4-3-5-12(13)15(21)20-8-7-17(2,10-20)16(22)23/h3-6H,7-10H2,1-2H3,(H,22,23).